The van der Waals surface area contributed by atoms with Crippen LogP contribution in [0.4, 0.5) is 0 Å². The Kier molecular flexibility index (Phi) is 6.22. The summed E-state index contributed by atoms with van der Waals surface area (Å²) in [5.74, 6) is -0.0214. The van der Waals surface area contributed by atoms with Crippen molar-refractivity contribution in [3.05, 3.63) is 28.6 Å². The molecule has 2 N–H and O–H groups in total. The van der Waals surface area contributed by atoms with E-state index in [4.69, 9.17) is 11.6 Å². The second-order valence-electron chi connectivity index (χ2n) is 4.88. The molecule has 3 atom stereocenters. The topological polar surface area (TPSA) is 66.4 Å². The number of thiophene rings is 1. The maximum absolute atomic E-state index is 12.3. The summed E-state index contributed by atoms with van der Waals surface area (Å²) in [4.78, 5) is 0. The fourth-order valence-corrected chi connectivity index (χ4v) is 4.58. The lowest BCUT2D eigenvalue weighted by molar-refractivity contribution is 0.143. The normalized spacial score (nSPS) is 16.6. The van der Waals surface area contributed by atoms with E-state index >= 15 is 0 Å². The van der Waals surface area contributed by atoms with Crippen molar-refractivity contribution < 1.29 is 13.5 Å². The van der Waals surface area contributed by atoms with Crippen molar-refractivity contribution in [2.75, 3.05) is 0 Å². The minimum atomic E-state index is -3.69. The van der Waals surface area contributed by atoms with Crippen LogP contribution in [0.3, 0.4) is 0 Å². The first-order valence-electron chi connectivity index (χ1n) is 6.30. The Morgan fingerprint density at radius 3 is 2.55 bits per heavy atom. The molecule has 4 nitrogen and oxygen atoms in total. The van der Waals surface area contributed by atoms with E-state index in [1.54, 1.807) is 6.92 Å². The summed E-state index contributed by atoms with van der Waals surface area (Å²) in [6, 6.07) is 2.38. The van der Waals surface area contributed by atoms with Crippen LogP contribution < -0.4 is 4.72 Å². The quantitative estimate of drug-likeness (QED) is 0.751. The van der Waals surface area contributed by atoms with Gasteiger partial charge < -0.3 is 5.11 Å². The highest BCUT2D eigenvalue weighted by Crippen LogP contribution is 2.27. The molecule has 0 bridgehead atoms. The highest BCUT2D eigenvalue weighted by molar-refractivity contribution is 7.91. The van der Waals surface area contributed by atoms with Gasteiger partial charge in [-0.1, -0.05) is 44.0 Å². The van der Waals surface area contributed by atoms with Crippen molar-refractivity contribution in [1.82, 2.24) is 4.72 Å². The first-order chi connectivity index (χ1) is 9.19. The molecule has 0 radical (unpaired) electrons. The van der Waals surface area contributed by atoms with Crippen LogP contribution in [0, 0.1) is 5.92 Å². The lowest BCUT2D eigenvalue weighted by atomic mass is 9.92. The molecule has 0 aliphatic rings. The van der Waals surface area contributed by atoms with E-state index in [-0.39, 0.29) is 10.1 Å². The van der Waals surface area contributed by atoms with E-state index in [1.165, 1.54) is 12.1 Å². The fourth-order valence-electron chi connectivity index (χ4n) is 1.73. The van der Waals surface area contributed by atoms with Gasteiger partial charge in [-0.15, -0.1) is 11.3 Å². The molecule has 1 heterocycles. The Hall–Kier alpha value is -0.400. The van der Waals surface area contributed by atoms with Crippen LogP contribution >= 0.6 is 22.9 Å². The van der Waals surface area contributed by atoms with Gasteiger partial charge in [0, 0.05) is 0 Å². The molecule has 1 aromatic rings. The van der Waals surface area contributed by atoms with E-state index in [0.29, 0.717) is 9.91 Å². The average Bonchev–Trinajstić information content (AvgIpc) is 2.81. The monoisotopic (exact) mass is 337 g/mol. The highest BCUT2D eigenvalue weighted by Gasteiger charge is 2.30. The maximum atomic E-state index is 12.3. The minimum Gasteiger partial charge on any atom is -0.387 e. The molecule has 0 fully saturated rings. The van der Waals surface area contributed by atoms with Gasteiger partial charge in [0.25, 0.3) is 0 Å². The van der Waals surface area contributed by atoms with Gasteiger partial charge in [0.15, 0.2) is 0 Å². The second-order valence-corrected chi connectivity index (χ2v) is 8.54. The first kappa shape index (κ1) is 17.7. The molecule has 0 aromatic carbocycles. The highest BCUT2D eigenvalue weighted by atomic mass is 35.5. The van der Waals surface area contributed by atoms with Crippen LogP contribution in [0.15, 0.2) is 28.5 Å². The molecule has 0 saturated heterocycles. The number of nitrogens with one attached hydrogen (secondary N) is 1. The zero-order valence-corrected chi connectivity index (χ0v) is 14.1. The van der Waals surface area contributed by atoms with Gasteiger partial charge in [0.1, 0.15) is 4.21 Å². The van der Waals surface area contributed by atoms with Crippen molar-refractivity contribution >= 4 is 33.0 Å². The van der Waals surface area contributed by atoms with Crippen LogP contribution in [0.5, 0.6) is 0 Å². The van der Waals surface area contributed by atoms with Gasteiger partial charge in [-0.3, -0.25) is 0 Å². The van der Waals surface area contributed by atoms with Gasteiger partial charge in [-0.2, -0.15) is 0 Å². The van der Waals surface area contributed by atoms with Gasteiger partial charge in [0.2, 0.25) is 10.0 Å². The van der Waals surface area contributed by atoms with Gasteiger partial charge in [-0.05, 0) is 25.0 Å². The molecular weight excluding hydrogens is 318 g/mol. The molecule has 114 valence electrons. The molecule has 0 amide bonds. The number of rotatable bonds is 7. The van der Waals surface area contributed by atoms with Gasteiger partial charge in [0.05, 0.1) is 16.5 Å². The molecule has 0 saturated carbocycles. The fraction of sp³-hybridized carbons (Fsp3) is 0.538. The molecule has 0 aliphatic carbocycles. The van der Waals surface area contributed by atoms with Crippen molar-refractivity contribution in [1.29, 1.82) is 0 Å². The summed E-state index contributed by atoms with van der Waals surface area (Å²) in [5.41, 5.74) is 0.530. The molecule has 20 heavy (non-hydrogen) atoms. The number of halogens is 1. The molecule has 1 rings (SSSR count). The third kappa shape index (κ3) is 4.30. The number of hydrogen-bond acceptors (Lipinski definition) is 4. The Morgan fingerprint density at radius 1 is 1.55 bits per heavy atom. The number of aliphatic hydroxyl groups excluding tert-OH is 1. The van der Waals surface area contributed by atoms with Crippen LogP contribution in [0.25, 0.3) is 0 Å². The Morgan fingerprint density at radius 2 is 2.15 bits per heavy atom. The number of sulfonamides is 1. The van der Waals surface area contributed by atoms with E-state index < -0.39 is 22.2 Å². The summed E-state index contributed by atoms with van der Waals surface area (Å²) < 4.78 is 27.7. The van der Waals surface area contributed by atoms with Crippen LogP contribution in [0.1, 0.15) is 27.2 Å². The molecule has 2 unspecified atom stereocenters. The second kappa shape index (κ2) is 7.04. The van der Waals surface area contributed by atoms with E-state index in [9.17, 15) is 13.5 Å². The van der Waals surface area contributed by atoms with Crippen molar-refractivity contribution in [2.45, 2.75) is 43.5 Å². The van der Waals surface area contributed by atoms with E-state index in [1.807, 2.05) is 13.8 Å². The predicted molar refractivity (Wildman–Crippen MR) is 83.7 cm³/mol. The van der Waals surface area contributed by atoms with Crippen molar-refractivity contribution in [3.8, 4) is 0 Å². The summed E-state index contributed by atoms with van der Waals surface area (Å²) in [6.07, 6.45) is -0.182. The average molecular weight is 338 g/mol. The predicted octanol–water partition coefficient (Wildman–Crippen LogP) is 3.03. The maximum Gasteiger partial charge on any atom is 0.250 e. The molecule has 0 spiro atoms. The molecular formula is C13H20ClNO3S2. The smallest absolute Gasteiger partial charge is 0.250 e. The number of aliphatic hydroxyl groups is 1. The van der Waals surface area contributed by atoms with E-state index in [0.717, 1.165) is 17.8 Å². The number of hydrogen-bond donors (Lipinski definition) is 2. The first-order valence-corrected chi connectivity index (χ1v) is 8.98. The molecule has 7 heteroatoms. The zero-order chi connectivity index (χ0) is 15.5. The third-order valence-corrected chi connectivity index (χ3v) is 6.39. The molecule has 1 aromatic heterocycles. The molecule has 0 aliphatic heterocycles. The SMILES string of the molecule is C=C(C)C(O)C(NS(=O)(=O)c1ccc(Cl)s1)[C@@H](C)CC. The summed E-state index contributed by atoms with van der Waals surface area (Å²) in [6.45, 7) is 9.21. The summed E-state index contributed by atoms with van der Waals surface area (Å²) in [7, 11) is -3.69. The lowest BCUT2D eigenvalue weighted by Crippen LogP contribution is -2.47. The Bertz CT molecular complexity index is 568. The third-order valence-electron chi connectivity index (χ3n) is 3.21. The lowest BCUT2D eigenvalue weighted by Gasteiger charge is -2.28. The van der Waals surface area contributed by atoms with Crippen LogP contribution in [-0.2, 0) is 10.0 Å². The standard InChI is InChI=1S/C13H20ClNO3S2/c1-5-9(4)12(13(16)8(2)3)15-20(17,18)11-7-6-10(14)19-11/h6-7,9,12-13,15-16H,2,5H2,1,3-4H3/t9-,12?,13?/m0/s1. The zero-order valence-electron chi connectivity index (χ0n) is 11.8. The summed E-state index contributed by atoms with van der Waals surface area (Å²) in [5, 5.41) is 10.2. The Labute approximate surface area is 129 Å². The van der Waals surface area contributed by atoms with Crippen LogP contribution in [0.2, 0.25) is 4.34 Å². The van der Waals surface area contributed by atoms with E-state index in [2.05, 4.69) is 11.3 Å². The summed E-state index contributed by atoms with van der Waals surface area (Å²) >= 11 is 6.76. The van der Waals surface area contributed by atoms with Crippen LogP contribution in [-0.4, -0.2) is 25.7 Å². The largest absolute Gasteiger partial charge is 0.387 e. The Balaban J connectivity index is 3.03. The van der Waals surface area contributed by atoms with Crippen molar-refractivity contribution in [3.63, 3.8) is 0 Å². The van der Waals surface area contributed by atoms with Gasteiger partial charge in [-0.25, -0.2) is 13.1 Å². The minimum absolute atomic E-state index is 0.0214. The van der Waals surface area contributed by atoms with Crippen molar-refractivity contribution in [2.24, 2.45) is 5.92 Å². The van der Waals surface area contributed by atoms with Gasteiger partial charge >= 0.3 is 0 Å².